The molecule has 6 nitrogen and oxygen atoms in total. The van der Waals surface area contributed by atoms with E-state index in [0.717, 1.165) is 31.9 Å². The second-order valence-electron chi connectivity index (χ2n) is 6.61. The van der Waals surface area contributed by atoms with Gasteiger partial charge in [0.15, 0.2) is 5.96 Å². The maximum atomic E-state index is 12.1. The van der Waals surface area contributed by atoms with Gasteiger partial charge in [0.25, 0.3) is 0 Å². The van der Waals surface area contributed by atoms with E-state index in [2.05, 4.69) is 29.3 Å². The number of guanidine groups is 1. The van der Waals surface area contributed by atoms with Gasteiger partial charge in [-0.3, -0.25) is 4.79 Å². The zero-order chi connectivity index (χ0) is 19.5. The number of piperidine rings is 1. The quantitative estimate of drug-likeness (QED) is 0.254. The molecule has 0 amide bonds. The van der Waals surface area contributed by atoms with Crippen LogP contribution < -0.4 is 5.32 Å². The Morgan fingerprint density at radius 1 is 1.21 bits per heavy atom. The van der Waals surface area contributed by atoms with Crippen LogP contribution in [0, 0.1) is 5.92 Å². The van der Waals surface area contributed by atoms with E-state index in [1.807, 2.05) is 26.0 Å². The molecule has 1 N–H and O–H groups in total. The summed E-state index contributed by atoms with van der Waals surface area (Å²) >= 11 is 0. The van der Waals surface area contributed by atoms with Crippen LogP contribution in [0.4, 0.5) is 0 Å². The number of benzene rings is 1. The predicted molar refractivity (Wildman–Crippen MR) is 123 cm³/mol. The predicted octanol–water partition coefficient (Wildman–Crippen LogP) is 3.58. The van der Waals surface area contributed by atoms with Crippen LogP contribution in [0.2, 0.25) is 0 Å². The summed E-state index contributed by atoms with van der Waals surface area (Å²) in [6.07, 6.45) is 1.85. The highest BCUT2D eigenvalue weighted by atomic mass is 127. The molecule has 0 bridgehead atoms. The third-order valence-corrected chi connectivity index (χ3v) is 4.65. The normalized spacial score (nSPS) is 17.0. The molecule has 1 unspecified atom stereocenters. The van der Waals surface area contributed by atoms with E-state index in [1.165, 1.54) is 11.1 Å². The van der Waals surface area contributed by atoms with Crippen LogP contribution in [0.5, 0.6) is 0 Å². The number of carbonyl (C=O) groups excluding carboxylic acids is 1. The SMILES string of the molecule is CCNC(=NCc1ccccc1COCC)N1CCCC(C(=O)OCC)C1.I. The van der Waals surface area contributed by atoms with Crippen molar-refractivity contribution in [2.45, 2.75) is 46.8 Å². The molecule has 0 saturated carbocycles. The molecule has 158 valence electrons. The zero-order valence-electron chi connectivity index (χ0n) is 17.3. The van der Waals surface area contributed by atoms with Gasteiger partial charge in [0, 0.05) is 26.2 Å². The first-order valence-electron chi connectivity index (χ1n) is 10.0. The number of carbonyl (C=O) groups is 1. The van der Waals surface area contributed by atoms with E-state index in [1.54, 1.807) is 0 Å². The lowest BCUT2D eigenvalue weighted by molar-refractivity contribution is -0.149. The fourth-order valence-electron chi connectivity index (χ4n) is 3.27. The van der Waals surface area contributed by atoms with E-state index in [9.17, 15) is 4.79 Å². The molecule has 1 atom stereocenters. The largest absolute Gasteiger partial charge is 0.466 e. The molecule has 1 aliphatic heterocycles. The summed E-state index contributed by atoms with van der Waals surface area (Å²) in [5.74, 6) is 0.686. The lowest BCUT2D eigenvalue weighted by Gasteiger charge is -2.34. The number of hydrogen-bond acceptors (Lipinski definition) is 4. The molecule has 1 aromatic rings. The molecule has 0 spiro atoms. The first-order chi connectivity index (χ1) is 13.2. The molecule has 1 saturated heterocycles. The molecule has 0 radical (unpaired) electrons. The monoisotopic (exact) mass is 503 g/mol. The molecule has 1 aromatic carbocycles. The Kier molecular flexibility index (Phi) is 12.1. The number of rotatable bonds is 8. The first-order valence-corrected chi connectivity index (χ1v) is 10.0. The van der Waals surface area contributed by atoms with E-state index in [4.69, 9.17) is 14.5 Å². The molecule has 1 heterocycles. The van der Waals surface area contributed by atoms with Gasteiger partial charge in [0.2, 0.25) is 0 Å². The van der Waals surface area contributed by atoms with Gasteiger partial charge in [-0.05, 0) is 44.7 Å². The average Bonchev–Trinajstić information content (AvgIpc) is 2.70. The van der Waals surface area contributed by atoms with Gasteiger partial charge in [0.1, 0.15) is 0 Å². The number of ether oxygens (including phenoxy) is 2. The summed E-state index contributed by atoms with van der Waals surface area (Å²) in [5.41, 5.74) is 2.34. The zero-order valence-corrected chi connectivity index (χ0v) is 19.6. The van der Waals surface area contributed by atoms with Gasteiger partial charge in [-0.1, -0.05) is 24.3 Å². The summed E-state index contributed by atoms with van der Waals surface area (Å²) in [6, 6.07) is 8.25. The van der Waals surface area contributed by atoms with Crippen LogP contribution in [0.15, 0.2) is 29.3 Å². The Bertz CT molecular complexity index is 625. The summed E-state index contributed by atoms with van der Waals surface area (Å²) in [6.45, 7) is 10.6. The molecule has 1 fully saturated rings. The van der Waals surface area contributed by atoms with Crippen molar-refractivity contribution in [2.75, 3.05) is 32.8 Å². The fourth-order valence-corrected chi connectivity index (χ4v) is 3.27. The summed E-state index contributed by atoms with van der Waals surface area (Å²) in [5, 5.41) is 3.37. The first kappa shape index (κ1) is 24.7. The van der Waals surface area contributed by atoms with Crippen LogP contribution in [0.3, 0.4) is 0 Å². The number of nitrogens with one attached hydrogen (secondary N) is 1. The molecule has 7 heteroatoms. The average molecular weight is 503 g/mol. The van der Waals surface area contributed by atoms with Crippen molar-refractivity contribution in [1.29, 1.82) is 0 Å². The van der Waals surface area contributed by atoms with Gasteiger partial charge in [-0.2, -0.15) is 0 Å². The highest BCUT2D eigenvalue weighted by Crippen LogP contribution is 2.19. The summed E-state index contributed by atoms with van der Waals surface area (Å²) < 4.78 is 10.8. The van der Waals surface area contributed by atoms with E-state index < -0.39 is 0 Å². The third-order valence-electron chi connectivity index (χ3n) is 4.65. The number of aliphatic imine (C=N–C) groups is 1. The second kappa shape index (κ2) is 13.8. The van der Waals surface area contributed by atoms with Crippen LogP contribution in [-0.4, -0.2) is 49.7 Å². The van der Waals surface area contributed by atoms with Crippen molar-refractivity contribution in [1.82, 2.24) is 10.2 Å². The standard InChI is InChI=1S/C21H33N3O3.HI/c1-4-22-21(24-13-9-12-18(15-24)20(25)27-6-3)23-14-17-10-7-8-11-19(17)16-26-5-2;/h7-8,10-11,18H,4-6,9,12-16H2,1-3H3,(H,22,23);1H. The highest BCUT2D eigenvalue weighted by molar-refractivity contribution is 14.0. The van der Waals surface area contributed by atoms with Crippen LogP contribution in [0.25, 0.3) is 0 Å². The van der Waals surface area contributed by atoms with Crippen LogP contribution in [0.1, 0.15) is 44.7 Å². The van der Waals surface area contributed by atoms with Crippen molar-refractivity contribution < 1.29 is 14.3 Å². The van der Waals surface area contributed by atoms with E-state index >= 15 is 0 Å². The number of likely N-dealkylation sites (tertiary alicyclic amines) is 1. The van der Waals surface area contributed by atoms with Crippen molar-refractivity contribution in [3.63, 3.8) is 0 Å². The maximum absolute atomic E-state index is 12.1. The molecule has 1 aliphatic rings. The topological polar surface area (TPSA) is 63.2 Å². The Balaban J connectivity index is 0.00000392. The number of esters is 1. The highest BCUT2D eigenvalue weighted by Gasteiger charge is 2.28. The lowest BCUT2D eigenvalue weighted by Crippen LogP contribution is -2.48. The minimum atomic E-state index is -0.0971. The molecular formula is C21H34IN3O3. The second-order valence-corrected chi connectivity index (χ2v) is 6.61. The van der Waals surface area contributed by atoms with Crippen molar-refractivity contribution >= 4 is 35.9 Å². The fraction of sp³-hybridized carbons (Fsp3) is 0.619. The number of halogens is 1. The third kappa shape index (κ3) is 7.58. The van der Waals surface area contributed by atoms with Gasteiger partial charge in [-0.25, -0.2) is 4.99 Å². The van der Waals surface area contributed by atoms with Crippen LogP contribution >= 0.6 is 24.0 Å². The summed E-state index contributed by atoms with van der Waals surface area (Å²) in [4.78, 5) is 19.1. The van der Waals surface area contributed by atoms with Crippen molar-refractivity contribution in [3.05, 3.63) is 35.4 Å². The molecule has 0 aromatic heterocycles. The van der Waals surface area contributed by atoms with E-state index in [-0.39, 0.29) is 35.9 Å². The Morgan fingerprint density at radius 2 is 1.96 bits per heavy atom. The smallest absolute Gasteiger partial charge is 0.310 e. The number of nitrogens with zero attached hydrogens (tertiary/aromatic N) is 2. The summed E-state index contributed by atoms with van der Waals surface area (Å²) in [7, 11) is 0. The maximum Gasteiger partial charge on any atom is 0.310 e. The van der Waals surface area contributed by atoms with Gasteiger partial charge in [-0.15, -0.1) is 24.0 Å². The van der Waals surface area contributed by atoms with Gasteiger partial charge in [0.05, 0.1) is 25.7 Å². The minimum absolute atomic E-state index is 0. The van der Waals surface area contributed by atoms with Crippen molar-refractivity contribution in [2.24, 2.45) is 10.9 Å². The molecule has 0 aliphatic carbocycles. The van der Waals surface area contributed by atoms with Gasteiger partial charge < -0.3 is 19.7 Å². The Labute approximate surface area is 186 Å². The van der Waals surface area contributed by atoms with E-state index in [0.29, 0.717) is 32.9 Å². The molecular weight excluding hydrogens is 469 g/mol. The van der Waals surface area contributed by atoms with Crippen LogP contribution in [-0.2, 0) is 27.4 Å². The number of hydrogen-bond donors (Lipinski definition) is 1. The Hall–Kier alpha value is -1.35. The Morgan fingerprint density at radius 3 is 2.64 bits per heavy atom. The lowest BCUT2D eigenvalue weighted by atomic mass is 9.98. The molecule has 2 rings (SSSR count). The molecule has 28 heavy (non-hydrogen) atoms. The van der Waals surface area contributed by atoms with Crippen molar-refractivity contribution in [3.8, 4) is 0 Å². The minimum Gasteiger partial charge on any atom is -0.466 e. The van der Waals surface area contributed by atoms with Gasteiger partial charge >= 0.3 is 5.97 Å².